The van der Waals surface area contributed by atoms with Crippen molar-refractivity contribution in [1.29, 1.82) is 0 Å². The lowest BCUT2D eigenvalue weighted by Gasteiger charge is -2.48. The number of carbonyl (C=O) groups excluding carboxylic acids is 1. The van der Waals surface area contributed by atoms with Gasteiger partial charge in [-0.2, -0.15) is 0 Å². The number of rotatable bonds is 3. The fourth-order valence-corrected chi connectivity index (χ4v) is 12.5. The predicted octanol–water partition coefficient (Wildman–Crippen LogP) is 9.97. The van der Waals surface area contributed by atoms with Gasteiger partial charge in [0.1, 0.15) is 0 Å². The van der Waals surface area contributed by atoms with Gasteiger partial charge in [-0.15, -0.1) is 0 Å². The lowest BCUT2D eigenvalue weighted by Crippen LogP contribution is -2.65. The molecular weight excluding hydrogens is 764 g/mol. The van der Waals surface area contributed by atoms with Crippen LogP contribution in [-0.4, -0.2) is 24.0 Å². The van der Waals surface area contributed by atoms with Gasteiger partial charge in [0.15, 0.2) is 0 Å². The molecule has 0 saturated carbocycles. The Hall–Kier alpha value is -6.78. The Morgan fingerprint density at radius 3 is 1.81 bits per heavy atom. The number of anilines is 4. The third-order valence-electron chi connectivity index (χ3n) is 15.6. The number of hydrogen-bond donors (Lipinski definition) is 0. The highest BCUT2D eigenvalue weighted by Gasteiger charge is 2.50. The van der Waals surface area contributed by atoms with E-state index < -0.39 is 0 Å². The highest BCUT2D eigenvalue weighted by Crippen LogP contribution is 2.52. The summed E-state index contributed by atoms with van der Waals surface area (Å²) in [4.78, 5) is 20.7. The maximum atomic E-state index is 16.4. The van der Waals surface area contributed by atoms with E-state index in [1.54, 1.807) is 0 Å². The average Bonchev–Trinajstić information content (AvgIpc) is 3.63. The molecule has 0 N–H and O–H groups in total. The summed E-state index contributed by atoms with van der Waals surface area (Å²) >= 11 is 0. The van der Waals surface area contributed by atoms with Gasteiger partial charge in [0, 0.05) is 33.2 Å². The normalized spacial score (nSPS) is 16.4. The molecule has 2 amide bonds. The summed E-state index contributed by atoms with van der Waals surface area (Å²) in [6, 6.07) is 55.9. The van der Waals surface area contributed by atoms with Crippen molar-refractivity contribution in [3.63, 3.8) is 0 Å². The molecule has 302 valence electrons. The molecule has 8 aromatic carbocycles. The first kappa shape index (κ1) is 36.8. The van der Waals surface area contributed by atoms with E-state index in [1.807, 2.05) is 0 Å². The van der Waals surface area contributed by atoms with Crippen molar-refractivity contribution in [2.75, 3.05) is 9.80 Å². The largest absolute Gasteiger partial charge is 0.338 e. The Morgan fingerprint density at radius 1 is 0.508 bits per heavy atom. The van der Waals surface area contributed by atoms with Gasteiger partial charge in [0.05, 0.1) is 22.4 Å². The van der Waals surface area contributed by atoms with E-state index in [1.165, 1.54) is 60.3 Å². The first-order chi connectivity index (χ1) is 30.5. The van der Waals surface area contributed by atoms with Gasteiger partial charge in [-0.05, 0) is 112 Å². The molecule has 9 aromatic rings. The van der Waals surface area contributed by atoms with Crippen molar-refractivity contribution in [2.24, 2.45) is 0 Å². The molecule has 3 aliphatic heterocycles. The zero-order chi connectivity index (χ0) is 42.7. The standard InChI is InChI=1S/C57H47B2N3O/c1-34-16-15-17-35(2)51(34)59-43-27-25-36-24-26-42-53-49(36)54(43)62(48-33-41-40(32-44(48)59)56(3,4)30-31-57(41,5)6)55(63)61(53)47-29-28-46-50(52(47)58(42)37-18-9-7-10-19-37)39-22-13-14-23-45(39)60(46)38-20-11-8-12-21-38/h7-29,32-33H,30-31H2,1-6H3. The number of hydrogen-bond acceptors (Lipinski definition) is 1. The van der Waals surface area contributed by atoms with Gasteiger partial charge in [0.2, 0.25) is 13.4 Å². The SMILES string of the molecule is Cc1cccc(C)c1B1c2cc3c(cc2N2C(=O)N4c5ccc6c(c5B(c5ccccc5)c5ccc7ccc1c2c7c54)c1ccccc1n6-c1ccccc1)C(C)(C)CCC3(C)C. The van der Waals surface area contributed by atoms with Crippen molar-refractivity contribution < 1.29 is 4.79 Å². The molecule has 0 unspecified atom stereocenters. The fourth-order valence-electron chi connectivity index (χ4n) is 12.5. The third kappa shape index (κ3) is 4.82. The zero-order valence-electron chi connectivity index (χ0n) is 36.8. The molecule has 63 heavy (non-hydrogen) atoms. The van der Waals surface area contributed by atoms with E-state index in [-0.39, 0.29) is 30.3 Å². The third-order valence-corrected chi connectivity index (χ3v) is 15.6. The molecule has 0 radical (unpaired) electrons. The molecule has 4 heterocycles. The van der Waals surface area contributed by atoms with Crippen LogP contribution in [0.4, 0.5) is 27.5 Å². The number of carbonyl (C=O) groups is 1. The molecule has 0 saturated heterocycles. The van der Waals surface area contributed by atoms with E-state index in [9.17, 15) is 0 Å². The maximum absolute atomic E-state index is 16.4. The summed E-state index contributed by atoms with van der Waals surface area (Å²) in [6.07, 6.45) is 2.22. The molecule has 13 rings (SSSR count). The number of fused-ring (bicyclic) bond motifs is 9. The monoisotopic (exact) mass is 811 g/mol. The van der Waals surface area contributed by atoms with Gasteiger partial charge in [-0.3, -0.25) is 9.80 Å². The summed E-state index contributed by atoms with van der Waals surface area (Å²) in [6.45, 7) is 14.0. The predicted molar refractivity (Wildman–Crippen MR) is 268 cm³/mol. The summed E-state index contributed by atoms with van der Waals surface area (Å²) in [5.74, 6) is 0. The molecular formula is C57H47B2N3O. The summed E-state index contributed by atoms with van der Waals surface area (Å²) in [7, 11) is 0. The number of amides is 2. The molecule has 0 spiro atoms. The topological polar surface area (TPSA) is 28.5 Å². The van der Waals surface area contributed by atoms with Gasteiger partial charge < -0.3 is 4.57 Å². The number of urea groups is 1. The van der Waals surface area contributed by atoms with Crippen LogP contribution in [0.3, 0.4) is 0 Å². The minimum Gasteiger partial charge on any atom is -0.309 e. The van der Waals surface area contributed by atoms with Crippen LogP contribution in [-0.2, 0) is 10.8 Å². The Bertz CT molecular complexity index is 3460. The lowest BCUT2D eigenvalue weighted by molar-refractivity contribution is 0.255. The molecule has 0 bridgehead atoms. The van der Waals surface area contributed by atoms with Crippen LogP contribution in [0.25, 0.3) is 38.3 Å². The zero-order valence-corrected chi connectivity index (χ0v) is 36.8. The van der Waals surface area contributed by atoms with Crippen LogP contribution >= 0.6 is 0 Å². The number of nitrogens with zero attached hydrogens (tertiary/aromatic N) is 3. The quantitative estimate of drug-likeness (QED) is 0.164. The Balaban J connectivity index is 1.18. The summed E-state index contributed by atoms with van der Waals surface area (Å²) in [5, 5.41) is 4.67. The minimum atomic E-state index is -0.119. The Kier molecular flexibility index (Phi) is 7.40. The lowest BCUT2D eigenvalue weighted by atomic mass is 9.32. The second-order valence-electron chi connectivity index (χ2n) is 19.9. The number of aryl methyl sites for hydroxylation is 2. The average molecular weight is 812 g/mol. The molecule has 0 atom stereocenters. The molecule has 0 fully saturated rings. The van der Waals surface area contributed by atoms with E-state index in [0.29, 0.717) is 0 Å². The van der Waals surface area contributed by atoms with Crippen LogP contribution in [0.1, 0.15) is 62.8 Å². The number of benzene rings is 8. The molecule has 4 aliphatic rings. The van der Waals surface area contributed by atoms with Crippen LogP contribution < -0.4 is 42.6 Å². The molecule has 4 nitrogen and oxygen atoms in total. The van der Waals surface area contributed by atoms with Crippen LogP contribution in [0.5, 0.6) is 0 Å². The Morgan fingerprint density at radius 2 is 1.11 bits per heavy atom. The van der Waals surface area contributed by atoms with Crippen LogP contribution in [0, 0.1) is 13.8 Å². The second-order valence-corrected chi connectivity index (χ2v) is 19.9. The van der Waals surface area contributed by atoms with E-state index in [2.05, 4.69) is 208 Å². The highest BCUT2D eigenvalue weighted by atomic mass is 16.2. The minimum absolute atomic E-state index is 0.00537. The van der Waals surface area contributed by atoms with Crippen molar-refractivity contribution in [2.45, 2.75) is 65.2 Å². The summed E-state index contributed by atoms with van der Waals surface area (Å²) in [5.41, 5.74) is 20.0. The van der Waals surface area contributed by atoms with Gasteiger partial charge in [-0.1, -0.05) is 165 Å². The second kappa shape index (κ2) is 12.7. The van der Waals surface area contributed by atoms with Crippen LogP contribution in [0.15, 0.2) is 152 Å². The first-order valence-corrected chi connectivity index (χ1v) is 22.7. The Labute approximate surface area is 369 Å². The van der Waals surface area contributed by atoms with E-state index in [0.717, 1.165) is 68.5 Å². The number of aromatic nitrogens is 1. The maximum Gasteiger partial charge on any atom is 0.338 e. The molecule has 1 aliphatic carbocycles. The smallest absolute Gasteiger partial charge is 0.309 e. The van der Waals surface area contributed by atoms with Crippen molar-refractivity contribution in [1.82, 2.24) is 4.57 Å². The van der Waals surface area contributed by atoms with E-state index in [4.69, 9.17) is 0 Å². The van der Waals surface area contributed by atoms with Crippen molar-refractivity contribution in [3.05, 3.63) is 174 Å². The van der Waals surface area contributed by atoms with Gasteiger partial charge in [0.25, 0.3) is 0 Å². The molecule has 1 aromatic heterocycles. The van der Waals surface area contributed by atoms with E-state index >= 15 is 4.79 Å². The summed E-state index contributed by atoms with van der Waals surface area (Å²) < 4.78 is 2.40. The first-order valence-electron chi connectivity index (χ1n) is 22.7. The number of para-hydroxylation sites is 2. The highest BCUT2D eigenvalue weighted by molar-refractivity contribution is 7.01. The van der Waals surface area contributed by atoms with Gasteiger partial charge >= 0.3 is 6.03 Å². The van der Waals surface area contributed by atoms with Crippen molar-refractivity contribution >= 4 is 108 Å². The van der Waals surface area contributed by atoms with Crippen LogP contribution in [0.2, 0.25) is 0 Å². The van der Waals surface area contributed by atoms with Gasteiger partial charge in [-0.25, -0.2) is 4.79 Å². The van der Waals surface area contributed by atoms with Crippen molar-refractivity contribution in [3.8, 4) is 5.69 Å². The molecule has 6 heteroatoms. The fraction of sp³-hybridized carbons (Fsp3) is 0.175.